The van der Waals surface area contributed by atoms with Crippen LogP contribution in [0.4, 0.5) is 0 Å². The van der Waals surface area contributed by atoms with E-state index in [0.29, 0.717) is 0 Å². The molecule has 0 saturated carbocycles. The molecule has 1 rings (SSSR count). The predicted molar refractivity (Wildman–Crippen MR) is 59.9 cm³/mol. The molecule has 88 valence electrons. The first-order valence-corrected chi connectivity index (χ1v) is 5.62. The number of hydrogen-bond acceptors (Lipinski definition) is 3. The van der Waals surface area contributed by atoms with Crippen molar-refractivity contribution < 1.29 is 9.90 Å². The van der Waals surface area contributed by atoms with E-state index in [-0.39, 0.29) is 6.04 Å². The number of likely N-dealkylation sites (N-methyl/N-ethyl adjacent to an activating group) is 1. The zero-order chi connectivity index (χ0) is 11.4. The lowest BCUT2D eigenvalue weighted by Crippen LogP contribution is -2.37. The predicted octanol–water partition coefficient (Wildman–Crippen LogP) is 0.733. The van der Waals surface area contributed by atoms with E-state index in [2.05, 4.69) is 11.9 Å². The number of nitrogens with zero attached hydrogens (tertiary/aromatic N) is 2. The summed E-state index contributed by atoms with van der Waals surface area (Å²) in [7, 11) is 4.03. The van der Waals surface area contributed by atoms with Crippen LogP contribution in [0.1, 0.15) is 19.8 Å². The van der Waals surface area contributed by atoms with Gasteiger partial charge < -0.3 is 10.0 Å². The molecule has 0 radical (unpaired) electrons. The van der Waals surface area contributed by atoms with Gasteiger partial charge in [-0.3, -0.25) is 9.69 Å². The third-order valence-corrected chi connectivity index (χ3v) is 3.40. The van der Waals surface area contributed by atoms with Crippen LogP contribution in [0.5, 0.6) is 0 Å². The second kappa shape index (κ2) is 5.47. The first-order valence-electron chi connectivity index (χ1n) is 5.62. The standard InChI is InChI=1S/C11H22N2O2/c1-9(11(14)15)13(3)7-5-10-4-6-12(2)8-10/h9-10H,4-8H2,1-3H3,(H,14,15). The summed E-state index contributed by atoms with van der Waals surface area (Å²) in [5.41, 5.74) is 0. The molecule has 0 aromatic heterocycles. The lowest BCUT2D eigenvalue weighted by Gasteiger charge is -2.22. The van der Waals surface area contributed by atoms with Crippen molar-refractivity contribution in [3.8, 4) is 0 Å². The number of carboxylic acid groups (broad SMARTS) is 1. The van der Waals surface area contributed by atoms with Crippen molar-refractivity contribution in [2.24, 2.45) is 5.92 Å². The number of aliphatic carboxylic acids is 1. The second-order valence-corrected chi connectivity index (χ2v) is 4.70. The molecule has 1 fully saturated rings. The van der Waals surface area contributed by atoms with Crippen molar-refractivity contribution >= 4 is 5.97 Å². The van der Waals surface area contributed by atoms with Gasteiger partial charge in [-0.2, -0.15) is 0 Å². The van der Waals surface area contributed by atoms with Gasteiger partial charge in [0.05, 0.1) is 0 Å². The highest BCUT2D eigenvalue weighted by Gasteiger charge is 2.22. The van der Waals surface area contributed by atoms with Crippen molar-refractivity contribution in [2.75, 3.05) is 33.7 Å². The van der Waals surface area contributed by atoms with Gasteiger partial charge >= 0.3 is 5.97 Å². The molecule has 0 bridgehead atoms. The van der Waals surface area contributed by atoms with Gasteiger partial charge in [-0.1, -0.05) is 0 Å². The Bertz CT molecular complexity index is 221. The van der Waals surface area contributed by atoms with Crippen molar-refractivity contribution in [3.05, 3.63) is 0 Å². The van der Waals surface area contributed by atoms with Crippen molar-refractivity contribution in [3.63, 3.8) is 0 Å². The summed E-state index contributed by atoms with van der Waals surface area (Å²) < 4.78 is 0. The number of hydrogen-bond donors (Lipinski definition) is 1. The summed E-state index contributed by atoms with van der Waals surface area (Å²) in [5.74, 6) is 0.0134. The molecule has 0 aliphatic carbocycles. The first-order chi connectivity index (χ1) is 7.00. The second-order valence-electron chi connectivity index (χ2n) is 4.70. The highest BCUT2D eigenvalue weighted by Crippen LogP contribution is 2.18. The van der Waals surface area contributed by atoms with E-state index >= 15 is 0 Å². The van der Waals surface area contributed by atoms with E-state index in [1.165, 1.54) is 13.0 Å². The van der Waals surface area contributed by atoms with Crippen LogP contribution in [0.25, 0.3) is 0 Å². The van der Waals surface area contributed by atoms with Crippen LogP contribution in [-0.2, 0) is 4.79 Å². The van der Waals surface area contributed by atoms with Gasteiger partial charge in [0, 0.05) is 6.54 Å². The van der Waals surface area contributed by atoms with Crippen LogP contribution in [0.3, 0.4) is 0 Å². The molecule has 4 nitrogen and oxygen atoms in total. The summed E-state index contributed by atoms with van der Waals surface area (Å²) in [4.78, 5) is 15.0. The largest absolute Gasteiger partial charge is 0.480 e. The molecule has 0 amide bonds. The molecule has 0 spiro atoms. The van der Waals surface area contributed by atoms with Crippen LogP contribution >= 0.6 is 0 Å². The highest BCUT2D eigenvalue weighted by molar-refractivity contribution is 5.72. The van der Waals surface area contributed by atoms with E-state index in [9.17, 15) is 4.79 Å². The Hall–Kier alpha value is -0.610. The molecule has 0 aromatic rings. The summed E-state index contributed by atoms with van der Waals surface area (Å²) in [6.07, 6.45) is 2.37. The van der Waals surface area contributed by atoms with Gasteiger partial charge in [0.25, 0.3) is 0 Å². The third-order valence-electron chi connectivity index (χ3n) is 3.40. The Kier molecular flexibility index (Phi) is 4.54. The minimum Gasteiger partial charge on any atom is -0.480 e. The molecular weight excluding hydrogens is 192 g/mol. The van der Waals surface area contributed by atoms with Gasteiger partial charge in [0.1, 0.15) is 6.04 Å². The van der Waals surface area contributed by atoms with Crippen LogP contribution in [0, 0.1) is 5.92 Å². The summed E-state index contributed by atoms with van der Waals surface area (Å²) in [6.45, 7) is 4.97. The fourth-order valence-electron chi connectivity index (χ4n) is 2.03. The maximum atomic E-state index is 10.7. The van der Waals surface area contributed by atoms with Crippen LogP contribution < -0.4 is 0 Å². The monoisotopic (exact) mass is 214 g/mol. The molecule has 1 aliphatic rings. The zero-order valence-corrected chi connectivity index (χ0v) is 9.94. The molecule has 1 N–H and O–H groups in total. The smallest absolute Gasteiger partial charge is 0.320 e. The number of carboxylic acids is 1. The topological polar surface area (TPSA) is 43.8 Å². The zero-order valence-electron chi connectivity index (χ0n) is 9.94. The van der Waals surface area contributed by atoms with Crippen LogP contribution in [-0.4, -0.2) is 60.6 Å². The Morgan fingerprint density at radius 2 is 2.33 bits per heavy atom. The quantitative estimate of drug-likeness (QED) is 0.733. The number of rotatable bonds is 5. The first kappa shape index (κ1) is 12.5. The molecule has 1 saturated heterocycles. The Balaban J connectivity index is 2.22. The molecular formula is C11H22N2O2. The Labute approximate surface area is 91.9 Å². The van der Waals surface area contributed by atoms with Gasteiger partial charge in [-0.05, 0) is 52.9 Å². The fourth-order valence-corrected chi connectivity index (χ4v) is 2.03. The average molecular weight is 214 g/mol. The molecule has 1 aliphatic heterocycles. The number of carbonyl (C=O) groups is 1. The van der Waals surface area contributed by atoms with E-state index in [1.807, 2.05) is 11.9 Å². The minimum absolute atomic E-state index is 0.371. The molecule has 2 atom stereocenters. The molecule has 1 heterocycles. The van der Waals surface area contributed by atoms with Crippen molar-refractivity contribution in [1.82, 2.24) is 9.80 Å². The maximum absolute atomic E-state index is 10.7. The third kappa shape index (κ3) is 3.80. The van der Waals surface area contributed by atoms with Gasteiger partial charge in [0.2, 0.25) is 0 Å². The highest BCUT2D eigenvalue weighted by atomic mass is 16.4. The maximum Gasteiger partial charge on any atom is 0.320 e. The fraction of sp³-hybridized carbons (Fsp3) is 0.909. The summed E-state index contributed by atoms with van der Waals surface area (Å²) in [5, 5.41) is 8.84. The van der Waals surface area contributed by atoms with Gasteiger partial charge in [0.15, 0.2) is 0 Å². The number of likely N-dealkylation sites (tertiary alicyclic amines) is 1. The SMILES string of the molecule is CC(C(=O)O)N(C)CCC1CCN(C)C1. The van der Waals surface area contributed by atoms with Gasteiger partial charge in [-0.25, -0.2) is 0 Å². The Morgan fingerprint density at radius 3 is 2.80 bits per heavy atom. The molecule has 2 unspecified atom stereocenters. The van der Waals surface area contributed by atoms with Crippen molar-refractivity contribution in [1.29, 1.82) is 0 Å². The van der Waals surface area contributed by atoms with E-state index in [0.717, 1.165) is 25.4 Å². The van der Waals surface area contributed by atoms with E-state index in [4.69, 9.17) is 5.11 Å². The lowest BCUT2D eigenvalue weighted by molar-refractivity contribution is -0.142. The summed E-state index contributed by atoms with van der Waals surface area (Å²) >= 11 is 0. The lowest BCUT2D eigenvalue weighted by atomic mass is 10.0. The van der Waals surface area contributed by atoms with E-state index in [1.54, 1.807) is 6.92 Å². The average Bonchev–Trinajstić information content (AvgIpc) is 2.59. The minimum atomic E-state index is -0.735. The molecule has 4 heteroatoms. The van der Waals surface area contributed by atoms with Gasteiger partial charge in [-0.15, -0.1) is 0 Å². The van der Waals surface area contributed by atoms with Crippen LogP contribution in [0.15, 0.2) is 0 Å². The summed E-state index contributed by atoms with van der Waals surface area (Å²) in [6, 6.07) is -0.371. The normalized spacial score (nSPS) is 24.7. The van der Waals surface area contributed by atoms with Crippen LogP contribution in [0.2, 0.25) is 0 Å². The Morgan fingerprint density at radius 1 is 1.67 bits per heavy atom. The van der Waals surface area contributed by atoms with E-state index < -0.39 is 5.97 Å². The molecule has 0 aromatic carbocycles. The molecule has 15 heavy (non-hydrogen) atoms. The van der Waals surface area contributed by atoms with Crippen molar-refractivity contribution in [2.45, 2.75) is 25.8 Å².